The number of ether oxygens (including phenoxy) is 2. The van der Waals surface area contributed by atoms with Crippen molar-refractivity contribution in [2.45, 2.75) is 38.1 Å². The summed E-state index contributed by atoms with van der Waals surface area (Å²) in [6.07, 6.45) is -4.07. The zero-order chi connectivity index (χ0) is 32.5. The first-order valence-corrected chi connectivity index (χ1v) is 15.8. The molecular formula is C28H27F3N6O6S2. The molecule has 1 fully saturated rings. The van der Waals surface area contributed by atoms with Gasteiger partial charge in [-0.25, -0.2) is 22.5 Å². The molecule has 238 valence electrons. The van der Waals surface area contributed by atoms with E-state index < -0.39 is 51.3 Å². The molecule has 17 heteroatoms. The van der Waals surface area contributed by atoms with Crippen LogP contribution >= 0.6 is 12.2 Å². The summed E-state index contributed by atoms with van der Waals surface area (Å²) in [4.78, 5) is 34.0. The fourth-order valence-corrected chi connectivity index (χ4v) is 6.12. The van der Waals surface area contributed by atoms with E-state index in [0.29, 0.717) is 5.82 Å². The Balaban J connectivity index is 1.44. The zero-order valence-electron chi connectivity index (χ0n) is 23.8. The number of alkyl halides is 3. The number of halogens is 3. The molecular weight excluding hydrogens is 637 g/mol. The SMILES string of the molecule is Cc1cc(COc2ccc(C(=O)N[C@@H]3CN(S(C)(=O)=O)CC[C@@H]3c3nc(=S)[nH][nH]3)c(OC(=O)C(F)(F)F)c2)c2ccccc2n1. The van der Waals surface area contributed by atoms with Gasteiger partial charge in [0.2, 0.25) is 14.8 Å². The van der Waals surface area contributed by atoms with Gasteiger partial charge in [-0.1, -0.05) is 18.2 Å². The van der Waals surface area contributed by atoms with Gasteiger partial charge >= 0.3 is 12.1 Å². The van der Waals surface area contributed by atoms with Crippen LogP contribution in [0.25, 0.3) is 10.9 Å². The Labute approximate surface area is 260 Å². The number of aromatic amines is 2. The molecule has 0 unspecified atom stereocenters. The predicted octanol–water partition coefficient (Wildman–Crippen LogP) is 3.92. The van der Waals surface area contributed by atoms with Crippen LogP contribution < -0.4 is 14.8 Å². The molecule has 0 spiro atoms. The van der Waals surface area contributed by atoms with E-state index in [0.717, 1.165) is 40.5 Å². The van der Waals surface area contributed by atoms with Gasteiger partial charge in [0.25, 0.3) is 5.91 Å². The number of pyridine rings is 1. The maximum absolute atomic E-state index is 13.5. The molecule has 0 aliphatic carbocycles. The second-order valence-electron chi connectivity index (χ2n) is 10.4. The van der Waals surface area contributed by atoms with Crippen LogP contribution in [0.15, 0.2) is 48.5 Å². The van der Waals surface area contributed by atoms with Crippen molar-refractivity contribution in [3.63, 3.8) is 0 Å². The molecule has 2 aromatic heterocycles. The number of amides is 1. The normalized spacial score (nSPS) is 17.6. The van der Waals surface area contributed by atoms with Crippen molar-refractivity contribution in [3.8, 4) is 11.5 Å². The molecule has 1 aliphatic heterocycles. The van der Waals surface area contributed by atoms with Crippen molar-refractivity contribution in [2.75, 3.05) is 19.3 Å². The summed E-state index contributed by atoms with van der Waals surface area (Å²) in [5.74, 6) is -4.28. The number of benzene rings is 2. The molecule has 1 aliphatic rings. The van der Waals surface area contributed by atoms with E-state index >= 15 is 0 Å². The van der Waals surface area contributed by atoms with Crippen LogP contribution in [0.1, 0.15) is 39.8 Å². The van der Waals surface area contributed by atoms with Gasteiger partial charge in [-0.05, 0) is 49.8 Å². The summed E-state index contributed by atoms with van der Waals surface area (Å²) >= 11 is 5.02. The minimum atomic E-state index is -5.35. The van der Waals surface area contributed by atoms with Crippen molar-refractivity contribution in [1.29, 1.82) is 0 Å². The van der Waals surface area contributed by atoms with Crippen LogP contribution in [-0.4, -0.2) is 76.3 Å². The summed E-state index contributed by atoms with van der Waals surface area (Å²) in [6.45, 7) is 1.79. The second kappa shape index (κ2) is 12.6. The Morgan fingerprint density at radius 2 is 1.89 bits per heavy atom. The number of piperidine rings is 1. The number of para-hydroxylation sites is 1. The largest absolute Gasteiger partial charge is 0.491 e. The van der Waals surface area contributed by atoms with Crippen LogP contribution in [0.4, 0.5) is 13.2 Å². The lowest BCUT2D eigenvalue weighted by Crippen LogP contribution is -2.53. The lowest BCUT2D eigenvalue weighted by molar-refractivity contribution is -0.189. The predicted molar refractivity (Wildman–Crippen MR) is 158 cm³/mol. The molecule has 0 radical (unpaired) electrons. The number of aromatic nitrogens is 4. The third kappa shape index (κ3) is 7.49. The zero-order valence-corrected chi connectivity index (χ0v) is 25.5. The molecule has 1 amide bonds. The number of esters is 1. The van der Waals surface area contributed by atoms with Gasteiger partial charge in [0.15, 0.2) is 0 Å². The fourth-order valence-electron chi connectivity index (χ4n) is 5.10. The summed E-state index contributed by atoms with van der Waals surface area (Å²) in [6, 6.07) is 11.8. The highest BCUT2D eigenvalue weighted by Gasteiger charge is 2.42. The topological polar surface area (TPSA) is 159 Å². The highest BCUT2D eigenvalue weighted by atomic mass is 32.2. The molecule has 1 saturated heterocycles. The number of rotatable bonds is 8. The number of hydrogen-bond donors (Lipinski definition) is 3. The van der Waals surface area contributed by atoms with Gasteiger partial charge in [0, 0.05) is 41.7 Å². The van der Waals surface area contributed by atoms with Crippen molar-refractivity contribution < 1.29 is 40.7 Å². The Kier molecular flexibility index (Phi) is 8.95. The van der Waals surface area contributed by atoms with Crippen molar-refractivity contribution in [3.05, 3.63) is 75.9 Å². The number of carbonyl (C=O) groups excluding carboxylic acids is 2. The van der Waals surface area contributed by atoms with E-state index in [-0.39, 0.29) is 36.6 Å². The number of carbonyl (C=O) groups is 2. The Bertz CT molecular complexity index is 1930. The van der Waals surface area contributed by atoms with E-state index in [9.17, 15) is 31.2 Å². The van der Waals surface area contributed by atoms with Crippen molar-refractivity contribution in [1.82, 2.24) is 29.8 Å². The van der Waals surface area contributed by atoms with Gasteiger partial charge < -0.3 is 14.8 Å². The van der Waals surface area contributed by atoms with E-state index in [1.807, 2.05) is 31.2 Å². The monoisotopic (exact) mass is 664 g/mol. The van der Waals surface area contributed by atoms with Gasteiger partial charge in [0.1, 0.15) is 23.9 Å². The van der Waals surface area contributed by atoms with Crippen LogP contribution in [0.5, 0.6) is 11.5 Å². The summed E-state index contributed by atoms with van der Waals surface area (Å²) in [5, 5.41) is 8.94. The van der Waals surface area contributed by atoms with Crippen LogP contribution in [0.2, 0.25) is 0 Å². The summed E-state index contributed by atoms with van der Waals surface area (Å²) in [5.41, 5.74) is 1.81. The van der Waals surface area contributed by atoms with E-state index in [2.05, 4.69) is 30.2 Å². The lowest BCUT2D eigenvalue weighted by atomic mass is 9.91. The first-order chi connectivity index (χ1) is 21.2. The first-order valence-electron chi connectivity index (χ1n) is 13.5. The second-order valence-corrected chi connectivity index (χ2v) is 12.8. The van der Waals surface area contributed by atoms with Crippen LogP contribution in [0.3, 0.4) is 0 Å². The third-order valence-corrected chi connectivity index (χ3v) is 8.65. The average molecular weight is 665 g/mol. The van der Waals surface area contributed by atoms with E-state index in [1.54, 1.807) is 6.07 Å². The number of nitrogens with one attached hydrogen (secondary N) is 3. The lowest BCUT2D eigenvalue weighted by Gasteiger charge is -2.36. The summed E-state index contributed by atoms with van der Waals surface area (Å²) < 4.78 is 75.9. The molecule has 3 heterocycles. The number of nitrogens with zero attached hydrogens (tertiary/aromatic N) is 3. The fraction of sp³-hybridized carbons (Fsp3) is 0.321. The van der Waals surface area contributed by atoms with E-state index in [1.165, 1.54) is 10.4 Å². The van der Waals surface area contributed by atoms with Gasteiger partial charge in [-0.3, -0.25) is 20.0 Å². The van der Waals surface area contributed by atoms with Crippen LogP contribution in [0, 0.1) is 11.7 Å². The number of fused-ring (bicyclic) bond motifs is 1. The molecule has 2 atom stereocenters. The molecule has 12 nitrogen and oxygen atoms in total. The highest BCUT2D eigenvalue weighted by molar-refractivity contribution is 7.88. The molecule has 4 aromatic rings. The summed E-state index contributed by atoms with van der Waals surface area (Å²) in [7, 11) is -3.64. The molecule has 5 rings (SSSR count). The minimum absolute atomic E-state index is 0.00182. The molecule has 2 aromatic carbocycles. The first kappa shape index (κ1) is 32.1. The van der Waals surface area contributed by atoms with Crippen LogP contribution in [-0.2, 0) is 21.4 Å². The number of aryl methyl sites for hydroxylation is 1. The van der Waals surface area contributed by atoms with E-state index in [4.69, 9.17) is 17.0 Å². The molecule has 0 saturated carbocycles. The standard InChI is InChI=1S/C28H27F3N6O6S2/c1-15-11-16(18-5-3-4-6-21(18)32-15)14-42-17-7-8-20(23(12-17)43-26(39)28(29,30)31)25(38)33-22-13-37(45(2,40)41)10-9-19(22)24-34-27(44)36-35-24/h3-8,11-12,19,22H,9-10,13-14H2,1-2H3,(H,33,38)(H2,34,35,36,44)/t19-,22+/m0/s1. The highest BCUT2D eigenvalue weighted by Crippen LogP contribution is 2.31. The Morgan fingerprint density at radius 3 is 2.58 bits per heavy atom. The maximum Gasteiger partial charge on any atom is 0.491 e. The quantitative estimate of drug-likeness (QED) is 0.144. The Hall–Kier alpha value is -4.35. The maximum atomic E-state index is 13.5. The number of H-pyrrole nitrogens is 2. The Morgan fingerprint density at radius 1 is 1.13 bits per heavy atom. The van der Waals surface area contributed by atoms with Crippen molar-refractivity contribution in [2.24, 2.45) is 0 Å². The molecule has 0 bridgehead atoms. The number of hydrogen-bond acceptors (Lipinski definition) is 9. The van der Waals surface area contributed by atoms with Crippen molar-refractivity contribution >= 4 is 45.0 Å². The molecule has 3 N–H and O–H groups in total. The van der Waals surface area contributed by atoms with Gasteiger partial charge in [-0.2, -0.15) is 13.2 Å². The number of sulfonamides is 1. The molecule has 45 heavy (non-hydrogen) atoms. The van der Waals surface area contributed by atoms with Gasteiger partial charge in [0.05, 0.1) is 23.4 Å². The minimum Gasteiger partial charge on any atom is -0.489 e. The smallest absolute Gasteiger partial charge is 0.489 e. The van der Waals surface area contributed by atoms with Gasteiger partial charge in [-0.15, -0.1) is 0 Å². The third-order valence-electron chi connectivity index (χ3n) is 7.19. The average Bonchev–Trinajstić information content (AvgIpc) is 3.40.